The molecule has 1 saturated heterocycles. The molecule has 1 aromatic carbocycles. The number of nitrogens with zero attached hydrogens (tertiary/aromatic N) is 3. The summed E-state index contributed by atoms with van der Waals surface area (Å²) in [4.78, 5) is 14.5. The third-order valence-electron chi connectivity index (χ3n) is 4.32. The molecule has 0 saturated carbocycles. The Balaban J connectivity index is 0.00000208. The molecule has 2 heterocycles. The molecule has 24 heavy (non-hydrogen) atoms. The number of amides is 1. The van der Waals surface area contributed by atoms with Crippen LogP contribution in [0.3, 0.4) is 0 Å². The third-order valence-corrected chi connectivity index (χ3v) is 4.86. The summed E-state index contributed by atoms with van der Waals surface area (Å²) in [5, 5.41) is 6.39. The van der Waals surface area contributed by atoms with Crippen LogP contribution in [0.15, 0.2) is 26.9 Å². The maximum atomic E-state index is 12.3. The van der Waals surface area contributed by atoms with Gasteiger partial charge >= 0.3 is 0 Å². The van der Waals surface area contributed by atoms with Gasteiger partial charge in [0.2, 0.25) is 5.91 Å². The molecule has 1 aromatic rings. The van der Waals surface area contributed by atoms with Crippen molar-refractivity contribution >= 4 is 46.7 Å². The van der Waals surface area contributed by atoms with Crippen LogP contribution in [-0.4, -0.2) is 43.5 Å². The molecule has 3 rings (SSSR count). The highest BCUT2D eigenvalue weighted by molar-refractivity contribution is 7.58. The smallest absolute Gasteiger partial charge is 0.238 e. The van der Waals surface area contributed by atoms with Crippen LogP contribution in [0.2, 0.25) is 0 Å². The standard InChI is InChI=1S/C16H23N5OS.ClH/c1-2-17-10-12-6-8-21(9-7-12)11-15(22)18-13-4-3-5-14-16(13)20-23-19-14;/h3-5,12,17H,2,6-11H2,1H3,(H,18,22);1H. The predicted molar refractivity (Wildman–Crippen MR) is 102 cm³/mol. The molecule has 0 aromatic heterocycles. The Morgan fingerprint density at radius 2 is 2.12 bits per heavy atom. The Morgan fingerprint density at radius 1 is 1.33 bits per heavy atom. The lowest BCUT2D eigenvalue weighted by atomic mass is 9.97. The first-order valence-corrected chi connectivity index (χ1v) is 8.93. The van der Waals surface area contributed by atoms with E-state index in [2.05, 4.69) is 31.2 Å². The summed E-state index contributed by atoms with van der Waals surface area (Å²) in [6.07, 6.45) is 2.32. The number of carbonyl (C=O) groups is 1. The molecule has 2 aliphatic heterocycles. The number of piperidine rings is 1. The topological polar surface area (TPSA) is 69.1 Å². The van der Waals surface area contributed by atoms with E-state index in [9.17, 15) is 4.79 Å². The maximum absolute atomic E-state index is 12.3. The number of likely N-dealkylation sites (tertiary alicyclic amines) is 1. The summed E-state index contributed by atoms with van der Waals surface area (Å²) in [6.45, 7) is 6.69. The summed E-state index contributed by atoms with van der Waals surface area (Å²) >= 11 is 1.17. The Labute approximate surface area is 152 Å². The van der Waals surface area contributed by atoms with Gasteiger partial charge in [0.1, 0.15) is 11.4 Å². The number of halogens is 1. The molecular formula is C16H24ClN5OS. The number of nitrogens with one attached hydrogen (secondary N) is 2. The highest BCUT2D eigenvalue weighted by Gasteiger charge is 2.21. The fourth-order valence-corrected chi connectivity index (χ4v) is 3.55. The monoisotopic (exact) mass is 369 g/mol. The summed E-state index contributed by atoms with van der Waals surface area (Å²) in [5.41, 5.74) is 2.36. The molecule has 1 amide bonds. The van der Waals surface area contributed by atoms with Gasteiger partial charge in [-0.15, -0.1) is 12.4 Å². The molecule has 132 valence electrons. The summed E-state index contributed by atoms with van der Waals surface area (Å²) in [6, 6.07) is 5.68. The second-order valence-electron chi connectivity index (χ2n) is 6.01. The first kappa shape index (κ1) is 19.1. The number of hydrogen-bond donors (Lipinski definition) is 2. The molecule has 2 N–H and O–H groups in total. The van der Waals surface area contributed by atoms with Crippen LogP contribution in [0.5, 0.6) is 0 Å². The zero-order valence-electron chi connectivity index (χ0n) is 13.8. The Kier molecular flexibility index (Phi) is 7.36. The molecule has 6 nitrogen and oxygen atoms in total. The highest BCUT2D eigenvalue weighted by Crippen LogP contribution is 2.38. The van der Waals surface area contributed by atoms with Crippen LogP contribution in [0.25, 0.3) is 0 Å². The van der Waals surface area contributed by atoms with Crippen LogP contribution in [0.1, 0.15) is 19.8 Å². The van der Waals surface area contributed by atoms with E-state index in [1.165, 1.54) is 11.4 Å². The minimum atomic E-state index is 0. The number of anilines is 1. The summed E-state index contributed by atoms with van der Waals surface area (Å²) < 4.78 is 8.45. The zero-order valence-corrected chi connectivity index (χ0v) is 15.5. The fourth-order valence-electron chi connectivity index (χ4n) is 3.00. The molecule has 0 atom stereocenters. The number of hydrogen-bond acceptors (Lipinski definition) is 5. The van der Waals surface area contributed by atoms with Gasteiger partial charge in [-0.05, 0) is 57.1 Å². The Morgan fingerprint density at radius 3 is 2.88 bits per heavy atom. The van der Waals surface area contributed by atoms with Gasteiger partial charge in [0.15, 0.2) is 0 Å². The van der Waals surface area contributed by atoms with Crippen molar-refractivity contribution in [2.45, 2.75) is 19.8 Å². The molecule has 0 spiro atoms. The van der Waals surface area contributed by atoms with E-state index in [1.807, 2.05) is 18.2 Å². The van der Waals surface area contributed by atoms with Crippen LogP contribution in [0.4, 0.5) is 17.1 Å². The van der Waals surface area contributed by atoms with Gasteiger partial charge in [-0.25, -0.2) is 0 Å². The molecule has 0 aliphatic carbocycles. The van der Waals surface area contributed by atoms with Crippen molar-refractivity contribution in [3.63, 3.8) is 0 Å². The van der Waals surface area contributed by atoms with E-state index in [0.29, 0.717) is 6.54 Å². The fraction of sp³-hybridized carbons (Fsp3) is 0.562. The molecule has 0 bridgehead atoms. The van der Waals surface area contributed by atoms with Gasteiger partial charge in [-0.1, -0.05) is 13.0 Å². The maximum Gasteiger partial charge on any atom is 0.238 e. The lowest BCUT2D eigenvalue weighted by Gasteiger charge is -2.31. The van der Waals surface area contributed by atoms with E-state index in [1.54, 1.807) is 0 Å². The summed E-state index contributed by atoms with van der Waals surface area (Å²) in [5.74, 6) is 0.764. The van der Waals surface area contributed by atoms with Crippen LogP contribution < -0.4 is 10.6 Å². The Bertz CT molecular complexity index is 639. The van der Waals surface area contributed by atoms with Crippen molar-refractivity contribution in [1.29, 1.82) is 0 Å². The van der Waals surface area contributed by atoms with Crippen molar-refractivity contribution in [3.8, 4) is 0 Å². The largest absolute Gasteiger partial charge is 0.323 e. The molecule has 1 fully saturated rings. The second-order valence-corrected chi connectivity index (χ2v) is 6.54. The minimum Gasteiger partial charge on any atom is -0.323 e. The van der Waals surface area contributed by atoms with E-state index >= 15 is 0 Å². The number of fused-ring (bicyclic) bond motifs is 1. The van der Waals surface area contributed by atoms with Crippen LogP contribution in [-0.2, 0) is 16.1 Å². The minimum absolute atomic E-state index is 0. The number of rotatable bonds is 6. The predicted octanol–water partition coefficient (Wildman–Crippen LogP) is 3.09. The number of carbonyl (C=O) groups excluding carboxylic acids is 1. The lowest BCUT2D eigenvalue weighted by molar-refractivity contribution is -0.117. The van der Waals surface area contributed by atoms with Gasteiger partial charge in [0, 0.05) is 0 Å². The first-order chi connectivity index (χ1) is 11.3. The molecular weight excluding hydrogens is 346 g/mol. The molecule has 0 radical (unpaired) electrons. The van der Waals surface area contributed by atoms with Gasteiger partial charge in [-0.3, -0.25) is 9.69 Å². The second kappa shape index (κ2) is 9.27. The SMILES string of the molecule is CCNCC1CCN(CC(=O)Nc2cccc3c2N=S=N3)CC1.Cl. The quantitative estimate of drug-likeness (QED) is 0.822. The number of benzene rings is 1. The van der Waals surface area contributed by atoms with Gasteiger partial charge in [-0.2, -0.15) is 8.73 Å². The van der Waals surface area contributed by atoms with E-state index in [-0.39, 0.29) is 18.3 Å². The average Bonchev–Trinajstić information content (AvgIpc) is 3.04. The van der Waals surface area contributed by atoms with Gasteiger partial charge < -0.3 is 10.6 Å². The lowest BCUT2D eigenvalue weighted by Crippen LogP contribution is -2.41. The van der Waals surface area contributed by atoms with Crippen molar-refractivity contribution in [3.05, 3.63) is 18.2 Å². The molecule has 8 heteroatoms. The van der Waals surface area contributed by atoms with Crippen molar-refractivity contribution in [2.75, 3.05) is 38.0 Å². The summed E-state index contributed by atoms with van der Waals surface area (Å²) in [7, 11) is 0. The van der Waals surface area contributed by atoms with Gasteiger partial charge in [0.25, 0.3) is 0 Å². The van der Waals surface area contributed by atoms with E-state index in [4.69, 9.17) is 0 Å². The molecule has 2 aliphatic rings. The van der Waals surface area contributed by atoms with Crippen LogP contribution >= 0.6 is 12.4 Å². The zero-order chi connectivity index (χ0) is 16.1. The highest BCUT2D eigenvalue weighted by atomic mass is 35.5. The van der Waals surface area contributed by atoms with E-state index < -0.39 is 0 Å². The molecule has 0 unspecified atom stereocenters. The van der Waals surface area contributed by atoms with Crippen molar-refractivity contribution < 1.29 is 4.79 Å². The Hall–Kier alpha value is -1.28. The average molecular weight is 370 g/mol. The third kappa shape index (κ3) is 4.86. The van der Waals surface area contributed by atoms with Gasteiger partial charge in [0.05, 0.1) is 23.6 Å². The van der Waals surface area contributed by atoms with E-state index in [0.717, 1.165) is 62.0 Å². The van der Waals surface area contributed by atoms with Crippen LogP contribution in [0, 0.1) is 5.92 Å². The van der Waals surface area contributed by atoms with Crippen molar-refractivity contribution in [1.82, 2.24) is 10.2 Å². The van der Waals surface area contributed by atoms with Crippen molar-refractivity contribution in [2.24, 2.45) is 14.6 Å². The first-order valence-electron chi connectivity index (χ1n) is 8.20. The normalized spacial score (nSPS) is 17.0.